The number of hydrogen-bond acceptors (Lipinski definition) is 3. The van der Waals surface area contributed by atoms with Gasteiger partial charge in [-0.3, -0.25) is 4.40 Å². The van der Waals surface area contributed by atoms with E-state index in [1.165, 1.54) is 25.7 Å². The summed E-state index contributed by atoms with van der Waals surface area (Å²) in [6.07, 6.45) is 0. The monoisotopic (exact) mass is 379 g/mol. The highest BCUT2D eigenvalue weighted by atomic mass is 32.1. The summed E-state index contributed by atoms with van der Waals surface area (Å²) < 4.78 is 3.50. The fraction of sp³-hybridized carbons (Fsp3) is 0. The molecular weight excluding hydrogens is 366 g/mol. The van der Waals surface area contributed by atoms with Crippen molar-refractivity contribution >= 4 is 69.6 Å². The summed E-state index contributed by atoms with van der Waals surface area (Å²) >= 11 is 1.76. The minimum absolute atomic E-state index is 0.287. The summed E-state index contributed by atoms with van der Waals surface area (Å²) in [7, 11) is 0. The Morgan fingerprint density at radius 2 is 1.61 bits per heavy atom. The largest absolute Gasteiger partial charge is 0.508 e. The lowest BCUT2D eigenvalue weighted by Crippen LogP contribution is -1.76. The normalized spacial score (nSPS) is 12.6. The van der Waals surface area contributed by atoms with Gasteiger partial charge in [-0.1, -0.05) is 24.3 Å². The van der Waals surface area contributed by atoms with Crippen LogP contribution in [0.2, 0.25) is 0 Å². The molecule has 0 radical (unpaired) electrons. The first-order valence-electron chi connectivity index (χ1n) is 9.16. The maximum atomic E-state index is 10.6. The summed E-state index contributed by atoms with van der Waals surface area (Å²) in [5.41, 5.74) is 2.21. The van der Waals surface area contributed by atoms with E-state index >= 15 is 0 Å². The van der Waals surface area contributed by atoms with E-state index in [0.29, 0.717) is 5.75 Å². The Kier molecular flexibility index (Phi) is 2.42. The van der Waals surface area contributed by atoms with Gasteiger partial charge >= 0.3 is 0 Å². The van der Waals surface area contributed by atoms with Crippen molar-refractivity contribution in [3.8, 4) is 11.5 Å². The quantitative estimate of drug-likeness (QED) is 0.311. The highest BCUT2D eigenvalue weighted by Gasteiger charge is 2.22. The number of nitrogens with zero attached hydrogens (tertiary/aromatic N) is 1. The molecule has 0 unspecified atom stereocenters. The lowest BCUT2D eigenvalue weighted by molar-refractivity contribution is 0.476. The lowest BCUT2D eigenvalue weighted by Gasteiger charge is -2.01. The number of para-hydroxylation sites is 1. The van der Waals surface area contributed by atoms with Crippen molar-refractivity contribution in [2.75, 3.05) is 0 Å². The van der Waals surface area contributed by atoms with Gasteiger partial charge < -0.3 is 10.2 Å². The summed E-state index contributed by atoms with van der Waals surface area (Å²) in [4.78, 5) is 1.20. The van der Waals surface area contributed by atoms with E-state index in [4.69, 9.17) is 0 Å². The summed E-state index contributed by atoms with van der Waals surface area (Å²) in [6.45, 7) is 0. The van der Waals surface area contributed by atoms with Crippen LogP contribution < -0.4 is 0 Å². The summed E-state index contributed by atoms with van der Waals surface area (Å²) in [5, 5.41) is 28.2. The van der Waals surface area contributed by atoms with Crippen LogP contribution in [0.4, 0.5) is 0 Å². The molecule has 3 aromatic heterocycles. The Bertz CT molecular complexity index is 1740. The molecule has 0 aliphatic carbocycles. The van der Waals surface area contributed by atoms with Crippen LogP contribution in [0.25, 0.3) is 58.3 Å². The third kappa shape index (κ3) is 1.57. The van der Waals surface area contributed by atoms with Crippen molar-refractivity contribution in [3.63, 3.8) is 0 Å². The van der Waals surface area contributed by atoms with Gasteiger partial charge in [-0.25, -0.2) is 0 Å². The standard InChI is InChI=1S/C24H13NO2S/c26-14-6-5-12-10-17-20(11-13(12)9-14)28-24-21(17)16-7-8-19(27)22-15-3-1-2-4-18(15)25(24)23(16)22/h1-11,26-27H. The van der Waals surface area contributed by atoms with Gasteiger partial charge in [0.05, 0.1) is 16.4 Å². The molecule has 0 saturated carbocycles. The minimum Gasteiger partial charge on any atom is -0.508 e. The van der Waals surface area contributed by atoms with Crippen molar-refractivity contribution < 1.29 is 10.2 Å². The highest BCUT2D eigenvalue weighted by molar-refractivity contribution is 7.25. The zero-order valence-corrected chi connectivity index (χ0v) is 15.4. The predicted octanol–water partition coefficient (Wildman–Crippen LogP) is 6.62. The number of benzene rings is 4. The average molecular weight is 379 g/mol. The van der Waals surface area contributed by atoms with Crippen LogP contribution in [0.1, 0.15) is 0 Å². The molecule has 7 rings (SSSR count). The molecule has 0 spiro atoms. The maximum absolute atomic E-state index is 10.6. The number of phenolic OH excluding ortho intramolecular Hbond substituents is 2. The van der Waals surface area contributed by atoms with Crippen molar-refractivity contribution in [3.05, 3.63) is 66.7 Å². The van der Waals surface area contributed by atoms with Crippen LogP contribution in [0, 0.1) is 0 Å². The van der Waals surface area contributed by atoms with Crippen molar-refractivity contribution in [1.82, 2.24) is 4.40 Å². The van der Waals surface area contributed by atoms with Crippen LogP contribution in [0.3, 0.4) is 0 Å². The Hall–Kier alpha value is -3.50. The molecule has 4 heteroatoms. The van der Waals surface area contributed by atoms with E-state index in [2.05, 4.69) is 28.7 Å². The number of fused-ring (bicyclic) bond motifs is 9. The molecule has 0 bridgehead atoms. The molecule has 3 nitrogen and oxygen atoms in total. The minimum atomic E-state index is 0.287. The van der Waals surface area contributed by atoms with Gasteiger partial charge in [-0.15, -0.1) is 11.3 Å². The average Bonchev–Trinajstić information content (AvgIpc) is 3.32. The third-order valence-electron chi connectivity index (χ3n) is 5.88. The molecule has 0 aliphatic rings. The number of hydrogen-bond donors (Lipinski definition) is 2. The van der Waals surface area contributed by atoms with Gasteiger partial charge in [0.25, 0.3) is 0 Å². The molecule has 28 heavy (non-hydrogen) atoms. The molecule has 132 valence electrons. The second kappa shape index (κ2) is 4.66. The van der Waals surface area contributed by atoms with E-state index < -0.39 is 0 Å². The highest BCUT2D eigenvalue weighted by Crippen LogP contribution is 2.48. The molecule has 0 saturated heterocycles. The number of aromatic nitrogens is 1. The second-order valence-electron chi connectivity index (χ2n) is 7.37. The Morgan fingerprint density at radius 3 is 2.54 bits per heavy atom. The second-order valence-corrected chi connectivity index (χ2v) is 8.40. The summed E-state index contributed by atoms with van der Waals surface area (Å²) in [5.74, 6) is 0.615. The Morgan fingerprint density at radius 1 is 0.714 bits per heavy atom. The number of aromatic hydroxyl groups is 2. The van der Waals surface area contributed by atoms with Crippen LogP contribution in [0.15, 0.2) is 66.7 Å². The van der Waals surface area contributed by atoms with Crippen LogP contribution in [0.5, 0.6) is 11.5 Å². The van der Waals surface area contributed by atoms with Gasteiger partial charge in [-0.2, -0.15) is 0 Å². The van der Waals surface area contributed by atoms with Gasteiger partial charge in [0, 0.05) is 26.2 Å². The zero-order chi connectivity index (χ0) is 18.6. The SMILES string of the molecule is Oc1ccc2cc3c(cc2c1)sc1c3c2ccc(O)c3c4ccccc4n1c23. The Balaban J connectivity index is 1.81. The fourth-order valence-corrected chi connectivity index (χ4v) is 5.99. The van der Waals surface area contributed by atoms with E-state index in [1.807, 2.05) is 36.4 Å². The molecule has 4 aromatic carbocycles. The molecule has 3 heterocycles. The third-order valence-corrected chi connectivity index (χ3v) is 7.02. The van der Waals surface area contributed by atoms with Crippen molar-refractivity contribution in [1.29, 1.82) is 0 Å². The van der Waals surface area contributed by atoms with Crippen LogP contribution in [-0.4, -0.2) is 14.6 Å². The van der Waals surface area contributed by atoms with E-state index in [9.17, 15) is 10.2 Å². The first kappa shape index (κ1) is 14.5. The van der Waals surface area contributed by atoms with Gasteiger partial charge in [-0.05, 0) is 53.2 Å². The van der Waals surface area contributed by atoms with Gasteiger partial charge in [0.2, 0.25) is 0 Å². The smallest absolute Gasteiger partial charge is 0.125 e. The van der Waals surface area contributed by atoms with E-state index in [0.717, 1.165) is 32.6 Å². The Labute approximate surface area is 162 Å². The molecule has 0 aliphatic heterocycles. The molecule has 0 fully saturated rings. The maximum Gasteiger partial charge on any atom is 0.125 e. The topological polar surface area (TPSA) is 44.9 Å². The fourth-order valence-electron chi connectivity index (χ4n) is 4.72. The number of thiophene rings is 1. The first-order valence-corrected chi connectivity index (χ1v) is 9.97. The molecular formula is C24H13NO2S. The zero-order valence-electron chi connectivity index (χ0n) is 14.6. The lowest BCUT2D eigenvalue weighted by atomic mass is 10.0. The van der Waals surface area contributed by atoms with Crippen molar-refractivity contribution in [2.45, 2.75) is 0 Å². The summed E-state index contributed by atoms with van der Waals surface area (Å²) in [6, 6.07) is 22.0. The first-order chi connectivity index (χ1) is 13.7. The number of phenols is 2. The molecule has 7 aromatic rings. The number of rotatable bonds is 0. The van der Waals surface area contributed by atoms with E-state index in [-0.39, 0.29) is 5.75 Å². The molecule has 2 N–H and O–H groups in total. The molecule has 0 atom stereocenters. The van der Waals surface area contributed by atoms with Crippen LogP contribution >= 0.6 is 11.3 Å². The van der Waals surface area contributed by atoms with Gasteiger partial charge in [0.1, 0.15) is 16.3 Å². The van der Waals surface area contributed by atoms with Crippen molar-refractivity contribution in [2.24, 2.45) is 0 Å². The van der Waals surface area contributed by atoms with Crippen LogP contribution in [-0.2, 0) is 0 Å². The predicted molar refractivity (Wildman–Crippen MR) is 117 cm³/mol. The van der Waals surface area contributed by atoms with Gasteiger partial charge in [0.15, 0.2) is 0 Å². The molecule has 0 amide bonds. The van der Waals surface area contributed by atoms with E-state index in [1.54, 1.807) is 17.4 Å².